The lowest BCUT2D eigenvalue weighted by atomic mass is 10.0. The van der Waals surface area contributed by atoms with Crippen LogP contribution in [0.1, 0.15) is 146 Å². The van der Waals surface area contributed by atoms with Crippen molar-refractivity contribution in [2.75, 3.05) is 47.5 Å². The third kappa shape index (κ3) is 28.6. The van der Waals surface area contributed by atoms with Crippen LogP contribution in [0.25, 0.3) is 0 Å². The Balaban J connectivity index is 2.45. The Bertz CT molecular complexity index is 1420. The number of allylic oxidation sites excluding steroid dienone is 6. The number of hydrogen-bond acceptors (Lipinski definition) is 10. The summed E-state index contributed by atoms with van der Waals surface area (Å²) in [5, 5.41) is 10.2. The Morgan fingerprint density at radius 3 is 2.12 bits per heavy atom. The van der Waals surface area contributed by atoms with Gasteiger partial charge in [-0.05, 0) is 82.8 Å². The van der Waals surface area contributed by atoms with Crippen molar-refractivity contribution in [2.45, 2.75) is 162 Å². The van der Waals surface area contributed by atoms with E-state index in [9.17, 15) is 24.2 Å². The van der Waals surface area contributed by atoms with E-state index in [2.05, 4.69) is 45.9 Å². The second kappa shape index (κ2) is 32.0. The van der Waals surface area contributed by atoms with Gasteiger partial charge in [0, 0.05) is 25.7 Å². The highest BCUT2D eigenvalue weighted by atomic mass is 31.2. The van der Waals surface area contributed by atoms with Gasteiger partial charge in [0.25, 0.3) is 7.82 Å². The molecule has 11 nitrogen and oxygen atoms in total. The SMILES string of the molecule is CCCCC/C=C\C/C=C\CC(O)/C=C\C=C\CCCC(=O)O[C@H](COC(=O)CCCCCCCCc1oc(CCC)c(C)c1C)COP(=O)([O-])OCC[N+](C)(C)C. The number of quaternary nitrogens is 1. The van der Waals surface area contributed by atoms with Crippen molar-refractivity contribution in [1.29, 1.82) is 0 Å². The average Bonchev–Trinajstić information content (AvgIpc) is 3.43. The highest BCUT2D eigenvalue weighted by Gasteiger charge is 2.22. The predicted molar refractivity (Wildman–Crippen MR) is 231 cm³/mol. The average molecular weight is 836 g/mol. The first-order valence-electron chi connectivity index (χ1n) is 21.8. The zero-order chi connectivity index (χ0) is 43.1. The van der Waals surface area contributed by atoms with Gasteiger partial charge in [0.15, 0.2) is 6.10 Å². The van der Waals surface area contributed by atoms with Crippen LogP contribution in [0.4, 0.5) is 0 Å². The molecule has 1 aromatic heterocycles. The van der Waals surface area contributed by atoms with Crippen molar-refractivity contribution in [3.63, 3.8) is 0 Å². The Labute approximate surface area is 351 Å². The minimum atomic E-state index is -4.68. The zero-order valence-electron chi connectivity index (χ0n) is 37.1. The Morgan fingerprint density at radius 1 is 0.759 bits per heavy atom. The molecule has 0 aliphatic rings. The van der Waals surface area contributed by atoms with Gasteiger partial charge in [0.1, 0.15) is 31.3 Å². The molecule has 0 aliphatic heterocycles. The molecule has 0 saturated heterocycles. The third-order valence-corrected chi connectivity index (χ3v) is 10.6. The van der Waals surface area contributed by atoms with E-state index in [0.717, 1.165) is 75.7 Å². The van der Waals surface area contributed by atoms with Crippen LogP contribution in [0, 0.1) is 13.8 Å². The minimum absolute atomic E-state index is 0.0667. The van der Waals surface area contributed by atoms with Crippen molar-refractivity contribution in [2.24, 2.45) is 0 Å². The number of likely N-dealkylation sites (N-methyl/N-ethyl adjacent to an activating group) is 1. The van der Waals surface area contributed by atoms with E-state index in [4.69, 9.17) is 22.9 Å². The molecule has 0 fully saturated rings. The first-order chi connectivity index (χ1) is 27.7. The standard InChI is InChI=1S/C46H78NO10P/c1-8-10-11-12-13-14-15-19-24-30-41(48)31-25-20-18-23-28-34-46(50)56-42(38-55-58(51,52)54-36-35-47(5,6)7)37-53-45(49)33-27-22-17-16-21-26-32-44-40(4)39(3)43(57-44)29-9-2/h13-14,18-20,24-25,31,41-42,48H,8-12,15-17,21-23,26-30,32-38H2,1-7H3/b14-13-,20-18+,24-19-,31-25-/t41?,42-/m1/s1. The fourth-order valence-electron chi connectivity index (χ4n) is 5.89. The highest BCUT2D eigenvalue weighted by molar-refractivity contribution is 7.45. The summed E-state index contributed by atoms with van der Waals surface area (Å²) in [4.78, 5) is 37.6. The maximum Gasteiger partial charge on any atom is 0.306 e. The molecule has 0 radical (unpaired) electrons. The molecule has 3 atom stereocenters. The number of nitrogens with zero attached hydrogens (tertiary/aromatic N) is 1. The first-order valence-corrected chi connectivity index (χ1v) is 23.3. The summed E-state index contributed by atoms with van der Waals surface area (Å²) in [6.07, 6.45) is 30.3. The number of carbonyl (C=O) groups is 2. The van der Waals surface area contributed by atoms with Gasteiger partial charge in [0.05, 0.1) is 33.9 Å². The van der Waals surface area contributed by atoms with Crippen LogP contribution < -0.4 is 4.89 Å². The maximum absolute atomic E-state index is 12.7. The molecule has 0 aromatic carbocycles. The van der Waals surface area contributed by atoms with Gasteiger partial charge in [-0.15, -0.1) is 0 Å². The maximum atomic E-state index is 12.7. The normalized spacial score (nSPS) is 14.6. The molecule has 1 heterocycles. The third-order valence-electron chi connectivity index (χ3n) is 9.61. The van der Waals surface area contributed by atoms with Crippen molar-refractivity contribution in [1.82, 2.24) is 0 Å². The number of aryl methyl sites for hydroxylation is 2. The van der Waals surface area contributed by atoms with Crippen LogP contribution in [0.5, 0.6) is 0 Å². The molecule has 58 heavy (non-hydrogen) atoms. The minimum Gasteiger partial charge on any atom is -0.756 e. The summed E-state index contributed by atoms with van der Waals surface area (Å²) in [5.74, 6) is 1.22. The lowest BCUT2D eigenvalue weighted by Crippen LogP contribution is -2.37. The molecule has 0 amide bonds. The first kappa shape index (κ1) is 53.2. The van der Waals surface area contributed by atoms with Gasteiger partial charge in [-0.3, -0.25) is 14.2 Å². The molecule has 1 N–H and O–H groups in total. The summed E-state index contributed by atoms with van der Waals surface area (Å²) in [5.41, 5.74) is 2.56. The highest BCUT2D eigenvalue weighted by Crippen LogP contribution is 2.38. The van der Waals surface area contributed by atoms with Crippen LogP contribution in [-0.4, -0.2) is 81.2 Å². The van der Waals surface area contributed by atoms with E-state index in [1.807, 2.05) is 39.4 Å². The Hall–Kier alpha value is -2.79. The molecule has 0 saturated carbocycles. The summed E-state index contributed by atoms with van der Waals surface area (Å²) in [7, 11) is 1.04. The quantitative estimate of drug-likeness (QED) is 0.0175. The molecular formula is C46H78NO10P. The lowest BCUT2D eigenvalue weighted by Gasteiger charge is -2.28. The second-order valence-corrected chi connectivity index (χ2v) is 17.5. The number of esters is 2. The van der Waals surface area contributed by atoms with Gasteiger partial charge in [-0.2, -0.15) is 0 Å². The number of phosphoric ester groups is 1. The fraction of sp³-hybridized carbons (Fsp3) is 0.696. The van der Waals surface area contributed by atoms with Crippen LogP contribution in [0.2, 0.25) is 0 Å². The predicted octanol–water partition coefficient (Wildman–Crippen LogP) is 9.90. The summed E-state index contributed by atoms with van der Waals surface area (Å²) in [6, 6.07) is 0. The van der Waals surface area contributed by atoms with Crippen LogP contribution in [0.15, 0.2) is 53.0 Å². The van der Waals surface area contributed by atoms with Gasteiger partial charge in [-0.1, -0.05) is 101 Å². The summed E-state index contributed by atoms with van der Waals surface area (Å²) < 4.78 is 39.9. The van der Waals surface area contributed by atoms with Crippen LogP contribution >= 0.6 is 7.82 Å². The van der Waals surface area contributed by atoms with E-state index in [0.29, 0.717) is 36.7 Å². The molecule has 1 aromatic rings. The Kier molecular flexibility index (Phi) is 29.4. The number of furan rings is 1. The van der Waals surface area contributed by atoms with Crippen LogP contribution in [-0.2, 0) is 45.5 Å². The molecule has 0 aliphatic carbocycles. The van der Waals surface area contributed by atoms with Crippen molar-refractivity contribution >= 4 is 19.8 Å². The number of phosphoric acid groups is 1. The topological polar surface area (TPSA) is 145 Å². The monoisotopic (exact) mass is 836 g/mol. The second-order valence-electron chi connectivity index (χ2n) is 16.1. The van der Waals surface area contributed by atoms with Crippen molar-refractivity contribution in [3.8, 4) is 0 Å². The summed E-state index contributed by atoms with van der Waals surface area (Å²) >= 11 is 0. The van der Waals surface area contributed by atoms with E-state index in [1.165, 1.54) is 30.4 Å². The molecule has 0 bridgehead atoms. The number of carbonyl (C=O) groups excluding carboxylic acids is 2. The number of hydrogen-bond donors (Lipinski definition) is 1. The summed E-state index contributed by atoms with van der Waals surface area (Å²) in [6.45, 7) is 8.16. The van der Waals surface area contributed by atoms with Gasteiger partial charge in [-0.25, -0.2) is 0 Å². The van der Waals surface area contributed by atoms with Gasteiger partial charge < -0.3 is 37.4 Å². The van der Waals surface area contributed by atoms with Gasteiger partial charge >= 0.3 is 11.9 Å². The zero-order valence-corrected chi connectivity index (χ0v) is 37.9. The van der Waals surface area contributed by atoms with E-state index in [1.54, 1.807) is 12.2 Å². The molecule has 0 spiro atoms. The van der Waals surface area contributed by atoms with E-state index >= 15 is 0 Å². The Morgan fingerprint density at radius 2 is 1.41 bits per heavy atom. The molecule has 1 rings (SSSR count). The van der Waals surface area contributed by atoms with E-state index < -0.39 is 38.6 Å². The van der Waals surface area contributed by atoms with Gasteiger partial charge in [0.2, 0.25) is 0 Å². The fourth-order valence-corrected chi connectivity index (χ4v) is 6.62. The molecular weight excluding hydrogens is 757 g/mol. The number of ether oxygens (including phenoxy) is 2. The largest absolute Gasteiger partial charge is 0.756 e. The van der Waals surface area contributed by atoms with Crippen molar-refractivity contribution in [3.05, 3.63) is 71.3 Å². The number of unbranched alkanes of at least 4 members (excludes halogenated alkanes) is 9. The number of aliphatic hydroxyl groups excluding tert-OH is 1. The molecule has 332 valence electrons. The lowest BCUT2D eigenvalue weighted by molar-refractivity contribution is -0.870. The van der Waals surface area contributed by atoms with Crippen LogP contribution in [0.3, 0.4) is 0 Å². The number of aliphatic hydroxyl groups is 1. The van der Waals surface area contributed by atoms with E-state index in [-0.39, 0.29) is 26.1 Å². The number of rotatable bonds is 35. The van der Waals surface area contributed by atoms with Crippen molar-refractivity contribution < 1.29 is 51.6 Å². The molecule has 2 unspecified atom stereocenters. The smallest absolute Gasteiger partial charge is 0.306 e. The molecule has 12 heteroatoms.